The minimum atomic E-state index is -0.0901. The summed E-state index contributed by atoms with van der Waals surface area (Å²) in [4.78, 5) is 4.78. The first-order valence-electron chi connectivity index (χ1n) is 8.13. The first kappa shape index (κ1) is 14.5. The van der Waals surface area contributed by atoms with Crippen molar-refractivity contribution in [1.82, 2.24) is 14.9 Å². The number of fused-ring (bicyclic) bond motifs is 1. The van der Waals surface area contributed by atoms with Gasteiger partial charge in [0, 0.05) is 12.6 Å². The number of nitrogens with zero attached hydrogens (tertiary/aromatic N) is 2. The van der Waals surface area contributed by atoms with E-state index in [1.807, 2.05) is 6.07 Å². The fourth-order valence-electron chi connectivity index (χ4n) is 3.25. The Morgan fingerprint density at radius 3 is 2.76 bits per heavy atom. The van der Waals surface area contributed by atoms with Gasteiger partial charge in [-0.25, -0.2) is 4.98 Å². The van der Waals surface area contributed by atoms with E-state index < -0.39 is 0 Å². The van der Waals surface area contributed by atoms with Crippen LogP contribution in [-0.2, 0) is 13.1 Å². The molecule has 0 bridgehead atoms. The predicted octanol–water partition coefficient (Wildman–Crippen LogP) is 2.84. The van der Waals surface area contributed by atoms with Crippen molar-refractivity contribution < 1.29 is 5.11 Å². The molecule has 1 aliphatic carbocycles. The van der Waals surface area contributed by atoms with Crippen molar-refractivity contribution in [3.63, 3.8) is 0 Å². The van der Waals surface area contributed by atoms with Crippen molar-refractivity contribution in [3.05, 3.63) is 30.1 Å². The minimum Gasteiger partial charge on any atom is -0.393 e. The number of aliphatic hydroxyl groups is 1. The Hall–Kier alpha value is -1.39. The number of imidazole rings is 1. The van der Waals surface area contributed by atoms with Crippen LogP contribution in [0, 0.1) is 0 Å². The van der Waals surface area contributed by atoms with Crippen molar-refractivity contribution in [1.29, 1.82) is 0 Å². The lowest BCUT2D eigenvalue weighted by molar-refractivity contribution is 0.116. The van der Waals surface area contributed by atoms with E-state index in [2.05, 4.69) is 35.0 Å². The second-order valence-corrected chi connectivity index (χ2v) is 6.05. The quantitative estimate of drug-likeness (QED) is 0.889. The van der Waals surface area contributed by atoms with Gasteiger partial charge in [-0.15, -0.1) is 0 Å². The second kappa shape index (κ2) is 6.58. The Morgan fingerprint density at radius 2 is 2.00 bits per heavy atom. The van der Waals surface area contributed by atoms with Crippen LogP contribution in [-0.4, -0.2) is 26.8 Å². The maximum absolute atomic E-state index is 9.58. The molecule has 1 heterocycles. The van der Waals surface area contributed by atoms with Crippen LogP contribution in [0.1, 0.15) is 44.9 Å². The fourth-order valence-corrected chi connectivity index (χ4v) is 3.25. The van der Waals surface area contributed by atoms with E-state index >= 15 is 0 Å². The Kier molecular flexibility index (Phi) is 4.56. The van der Waals surface area contributed by atoms with Crippen LogP contribution in [0.5, 0.6) is 0 Å². The van der Waals surface area contributed by atoms with Gasteiger partial charge in [0.2, 0.25) is 0 Å². The molecule has 1 fully saturated rings. The van der Waals surface area contributed by atoms with Gasteiger partial charge >= 0.3 is 0 Å². The molecule has 0 amide bonds. The Labute approximate surface area is 126 Å². The first-order chi connectivity index (χ1) is 10.3. The lowest BCUT2D eigenvalue weighted by Crippen LogP contribution is -2.34. The van der Waals surface area contributed by atoms with Gasteiger partial charge in [0.1, 0.15) is 5.82 Å². The molecule has 21 heavy (non-hydrogen) atoms. The van der Waals surface area contributed by atoms with Crippen molar-refractivity contribution in [2.24, 2.45) is 0 Å². The number of para-hydroxylation sites is 2. The van der Waals surface area contributed by atoms with Gasteiger partial charge in [-0.05, 0) is 44.2 Å². The van der Waals surface area contributed by atoms with Gasteiger partial charge in [0.15, 0.2) is 0 Å². The Bertz CT molecular complexity index is 585. The first-order valence-corrected chi connectivity index (χ1v) is 8.13. The molecule has 1 aromatic heterocycles. The van der Waals surface area contributed by atoms with Gasteiger partial charge < -0.3 is 15.0 Å². The van der Waals surface area contributed by atoms with Crippen LogP contribution in [0.2, 0.25) is 0 Å². The average Bonchev–Trinajstić information content (AvgIpc) is 2.85. The second-order valence-electron chi connectivity index (χ2n) is 6.05. The number of benzene rings is 1. The van der Waals surface area contributed by atoms with Crippen molar-refractivity contribution in [2.45, 2.75) is 64.3 Å². The molecule has 0 aliphatic heterocycles. The third-order valence-corrected chi connectivity index (χ3v) is 4.43. The largest absolute Gasteiger partial charge is 0.393 e. The molecule has 1 saturated carbocycles. The summed E-state index contributed by atoms with van der Waals surface area (Å²) in [5.74, 6) is 1.13. The van der Waals surface area contributed by atoms with Gasteiger partial charge in [-0.3, -0.25) is 0 Å². The molecule has 0 unspecified atom stereocenters. The molecule has 4 nitrogen and oxygen atoms in total. The molecule has 3 rings (SSSR count). The molecule has 0 spiro atoms. The highest BCUT2D eigenvalue weighted by atomic mass is 16.3. The van der Waals surface area contributed by atoms with Crippen LogP contribution in [0.4, 0.5) is 0 Å². The van der Waals surface area contributed by atoms with E-state index in [-0.39, 0.29) is 6.10 Å². The van der Waals surface area contributed by atoms with Gasteiger partial charge in [-0.1, -0.05) is 19.1 Å². The normalized spacial score (nSPS) is 22.8. The molecule has 1 aliphatic rings. The molecule has 4 heteroatoms. The van der Waals surface area contributed by atoms with E-state index in [0.717, 1.165) is 56.5 Å². The lowest BCUT2D eigenvalue weighted by Gasteiger charge is -2.26. The van der Waals surface area contributed by atoms with E-state index in [1.54, 1.807) is 0 Å². The monoisotopic (exact) mass is 287 g/mol. The molecular weight excluding hydrogens is 262 g/mol. The molecule has 114 valence electrons. The molecule has 0 atom stereocenters. The third kappa shape index (κ3) is 3.27. The van der Waals surface area contributed by atoms with Crippen LogP contribution >= 0.6 is 0 Å². The summed E-state index contributed by atoms with van der Waals surface area (Å²) in [5.41, 5.74) is 2.32. The number of rotatable bonds is 5. The molecule has 1 aromatic carbocycles. The SMILES string of the molecule is CCCn1c(CNC2CCC(O)CC2)nc2ccccc21. The van der Waals surface area contributed by atoms with E-state index in [4.69, 9.17) is 4.98 Å². The lowest BCUT2D eigenvalue weighted by atomic mass is 9.93. The van der Waals surface area contributed by atoms with Crippen LogP contribution in [0.3, 0.4) is 0 Å². The van der Waals surface area contributed by atoms with E-state index in [1.165, 1.54) is 5.52 Å². The highest BCUT2D eigenvalue weighted by Gasteiger charge is 2.19. The van der Waals surface area contributed by atoms with Gasteiger partial charge in [0.25, 0.3) is 0 Å². The highest BCUT2D eigenvalue weighted by Crippen LogP contribution is 2.20. The molecule has 2 N–H and O–H groups in total. The number of aliphatic hydroxyl groups excluding tert-OH is 1. The number of aromatic nitrogens is 2. The minimum absolute atomic E-state index is 0.0901. The number of aryl methyl sites for hydroxylation is 1. The zero-order valence-corrected chi connectivity index (χ0v) is 12.8. The third-order valence-electron chi connectivity index (χ3n) is 4.43. The number of hydrogen-bond acceptors (Lipinski definition) is 3. The summed E-state index contributed by atoms with van der Waals surface area (Å²) in [6, 6.07) is 8.88. The van der Waals surface area contributed by atoms with E-state index in [0.29, 0.717) is 6.04 Å². The summed E-state index contributed by atoms with van der Waals surface area (Å²) in [5, 5.41) is 13.2. The molecule has 2 aromatic rings. The summed E-state index contributed by atoms with van der Waals surface area (Å²) in [6.45, 7) is 4.03. The fraction of sp³-hybridized carbons (Fsp3) is 0.588. The van der Waals surface area contributed by atoms with Gasteiger partial charge in [0.05, 0.1) is 23.7 Å². The number of hydrogen-bond donors (Lipinski definition) is 2. The predicted molar refractivity (Wildman–Crippen MR) is 85.1 cm³/mol. The Balaban J connectivity index is 1.72. The average molecular weight is 287 g/mol. The topological polar surface area (TPSA) is 50.1 Å². The van der Waals surface area contributed by atoms with Crippen molar-refractivity contribution in [2.75, 3.05) is 0 Å². The molecule has 0 radical (unpaired) electrons. The van der Waals surface area contributed by atoms with Crippen molar-refractivity contribution in [3.8, 4) is 0 Å². The standard InChI is InChI=1S/C17H25N3O/c1-2-11-20-16-6-4-3-5-15(16)19-17(20)12-18-13-7-9-14(21)10-8-13/h3-6,13-14,18,21H,2,7-12H2,1H3. The zero-order valence-electron chi connectivity index (χ0n) is 12.8. The molecule has 0 saturated heterocycles. The maximum Gasteiger partial charge on any atom is 0.123 e. The summed E-state index contributed by atoms with van der Waals surface area (Å²) in [7, 11) is 0. The zero-order chi connectivity index (χ0) is 14.7. The Morgan fingerprint density at radius 1 is 1.24 bits per heavy atom. The summed E-state index contributed by atoms with van der Waals surface area (Å²) >= 11 is 0. The van der Waals surface area contributed by atoms with Crippen LogP contribution in [0.15, 0.2) is 24.3 Å². The summed E-state index contributed by atoms with van der Waals surface area (Å²) in [6.07, 6.45) is 4.99. The smallest absolute Gasteiger partial charge is 0.123 e. The van der Waals surface area contributed by atoms with Crippen molar-refractivity contribution >= 4 is 11.0 Å². The summed E-state index contributed by atoms with van der Waals surface area (Å²) < 4.78 is 2.33. The van der Waals surface area contributed by atoms with Crippen LogP contribution < -0.4 is 5.32 Å². The number of nitrogens with one attached hydrogen (secondary N) is 1. The highest BCUT2D eigenvalue weighted by molar-refractivity contribution is 5.75. The van der Waals surface area contributed by atoms with Crippen LogP contribution in [0.25, 0.3) is 11.0 Å². The molecular formula is C17H25N3O. The van der Waals surface area contributed by atoms with Gasteiger partial charge in [-0.2, -0.15) is 0 Å². The van der Waals surface area contributed by atoms with E-state index in [9.17, 15) is 5.11 Å². The maximum atomic E-state index is 9.58.